The van der Waals surface area contributed by atoms with E-state index in [2.05, 4.69) is 30.4 Å². The Kier molecular flexibility index (Phi) is 6.02. The van der Waals surface area contributed by atoms with Gasteiger partial charge in [0.15, 0.2) is 0 Å². The molecule has 6 heteroatoms. The molecule has 1 saturated carbocycles. The molecule has 3 heterocycles. The van der Waals surface area contributed by atoms with Crippen molar-refractivity contribution in [2.75, 3.05) is 26.2 Å². The summed E-state index contributed by atoms with van der Waals surface area (Å²) in [5.41, 5.74) is 0. The van der Waals surface area contributed by atoms with Gasteiger partial charge in [-0.3, -0.25) is 4.90 Å². The summed E-state index contributed by atoms with van der Waals surface area (Å²) in [6.45, 7) is 5.80. The van der Waals surface area contributed by atoms with Gasteiger partial charge in [0.05, 0.1) is 12.5 Å². The highest BCUT2D eigenvalue weighted by molar-refractivity contribution is 4.91. The van der Waals surface area contributed by atoms with Crippen molar-refractivity contribution in [1.29, 1.82) is 0 Å². The SMILES string of the molecule is c1cn(CCCNC2CCN(C3CC(NC4CC4)CCN3)CC2)cn1. The van der Waals surface area contributed by atoms with Crippen molar-refractivity contribution in [3.8, 4) is 0 Å². The van der Waals surface area contributed by atoms with Gasteiger partial charge in [-0.25, -0.2) is 4.98 Å². The van der Waals surface area contributed by atoms with E-state index in [-0.39, 0.29) is 0 Å². The summed E-state index contributed by atoms with van der Waals surface area (Å²) >= 11 is 0. The normalized spacial score (nSPS) is 29.1. The zero-order valence-electron chi connectivity index (χ0n) is 15.4. The van der Waals surface area contributed by atoms with Crippen LogP contribution in [-0.4, -0.2) is 64.9 Å². The summed E-state index contributed by atoms with van der Waals surface area (Å²) in [7, 11) is 0. The number of hydrogen-bond donors (Lipinski definition) is 3. The van der Waals surface area contributed by atoms with E-state index in [0.29, 0.717) is 12.2 Å². The van der Waals surface area contributed by atoms with Gasteiger partial charge < -0.3 is 20.5 Å². The Morgan fingerprint density at radius 2 is 1.92 bits per heavy atom. The number of piperidine rings is 2. The molecule has 2 aliphatic heterocycles. The van der Waals surface area contributed by atoms with Gasteiger partial charge in [-0.2, -0.15) is 0 Å². The van der Waals surface area contributed by atoms with E-state index in [1.54, 1.807) is 0 Å². The van der Waals surface area contributed by atoms with Gasteiger partial charge in [-0.05, 0) is 58.0 Å². The van der Waals surface area contributed by atoms with Gasteiger partial charge in [-0.1, -0.05) is 0 Å². The molecule has 0 amide bonds. The number of hydrogen-bond acceptors (Lipinski definition) is 5. The fourth-order valence-corrected chi connectivity index (χ4v) is 4.31. The van der Waals surface area contributed by atoms with Crippen molar-refractivity contribution >= 4 is 0 Å². The third-order valence-corrected chi connectivity index (χ3v) is 5.98. The van der Waals surface area contributed by atoms with Crippen LogP contribution in [0.25, 0.3) is 0 Å². The molecule has 2 saturated heterocycles. The van der Waals surface area contributed by atoms with Crippen LogP contribution >= 0.6 is 0 Å². The molecule has 2 unspecified atom stereocenters. The van der Waals surface area contributed by atoms with E-state index >= 15 is 0 Å². The second-order valence-electron chi connectivity index (χ2n) is 8.05. The second-order valence-corrected chi connectivity index (χ2v) is 8.05. The van der Waals surface area contributed by atoms with Crippen LogP contribution in [0.4, 0.5) is 0 Å². The smallest absolute Gasteiger partial charge is 0.0945 e. The number of aryl methyl sites for hydroxylation is 1. The predicted molar refractivity (Wildman–Crippen MR) is 100 cm³/mol. The fourth-order valence-electron chi connectivity index (χ4n) is 4.31. The monoisotopic (exact) mass is 346 g/mol. The Bertz CT molecular complexity index is 492. The number of aromatic nitrogens is 2. The van der Waals surface area contributed by atoms with Gasteiger partial charge in [0.1, 0.15) is 0 Å². The highest BCUT2D eigenvalue weighted by Gasteiger charge is 2.32. The minimum Gasteiger partial charge on any atom is -0.337 e. The van der Waals surface area contributed by atoms with Crippen LogP contribution in [0.3, 0.4) is 0 Å². The molecule has 4 rings (SSSR count). The first-order chi connectivity index (χ1) is 12.4. The third-order valence-electron chi connectivity index (χ3n) is 5.98. The van der Waals surface area contributed by atoms with E-state index in [0.717, 1.165) is 25.2 Å². The molecular weight excluding hydrogens is 312 g/mol. The summed E-state index contributed by atoms with van der Waals surface area (Å²) in [4.78, 5) is 6.78. The lowest BCUT2D eigenvalue weighted by Crippen LogP contribution is -2.57. The number of imidazole rings is 1. The highest BCUT2D eigenvalue weighted by Crippen LogP contribution is 2.23. The zero-order valence-corrected chi connectivity index (χ0v) is 15.4. The number of nitrogens with one attached hydrogen (secondary N) is 3. The summed E-state index contributed by atoms with van der Waals surface area (Å²) < 4.78 is 2.16. The van der Waals surface area contributed by atoms with Gasteiger partial charge in [0, 0.05) is 50.2 Å². The van der Waals surface area contributed by atoms with Gasteiger partial charge in [0.2, 0.25) is 0 Å². The van der Waals surface area contributed by atoms with Crippen LogP contribution in [-0.2, 0) is 6.54 Å². The first-order valence-electron chi connectivity index (χ1n) is 10.3. The molecule has 3 N–H and O–H groups in total. The van der Waals surface area contributed by atoms with Crippen molar-refractivity contribution in [2.24, 2.45) is 0 Å². The van der Waals surface area contributed by atoms with Crippen LogP contribution in [0.5, 0.6) is 0 Å². The summed E-state index contributed by atoms with van der Waals surface area (Å²) in [6.07, 6.45) is 15.5. The molecule has 140 valence electrons. The van der Waals surface area contributed by atoms with E-state index in [9.17, 15) is 0 Å². The second kappa shape index (κ2) is 8.62. The Morgan fingerprint density at radius 3 is 2.68 bits per heavy atom. The maximum atomic E-state index is 4.09. The van der Waals surface area contributed by atoms with Crippen molar-refractivity contribution < 1.29 is 0 Å². The Morgan fingerprint density at radius 1 is 1.04 bits per heavy atom. The minimum atomic E-state index is 0.590. The third kappa shape index (κ3) is 5.26. The lowest BCUT2D eigenvalue weighted by molar-refractivity contribution is 0.0896. The van der Waals surface area contributed by atoms with Crippen molar-refractivity contribution in [2.45, 2.75) is 75.8 Å². The Balaban J connectivity index is 1.12. The lowest BCUT2D eigenvalue weighted by atomic mass is 9.99. The van der Waals surface area contributed by atoms with E-state index < -0.39 is 0 Å². The van der Waals surface area contributed by atoms with Crippen LogP contribution in [0.1, 0.15) is 44.9 Å². The number of likely N-dealkylation sites (tertiary alicyclic amines) is 1. The number of rotatable bonds is 8. The van der Waals surface area contributed by atoms with Crippen LogP contribution < -0.4 is 16.0 Å². The van der Waals surface area contributed by atoms with Crippen molar-refractivity contribution in [3.05, 3.63) is 18.7 Å². The van der Waals surface area contributed by atoms with E-state index in [1.807, 2.05) is 18.7 Å². The Hall–Kier alpha value is -0.950. The predicted octanol–water partition coefficient (Wildman–Crippen LogP) is 1.16. The molecule has 3 aliphatic rings. The molecule has 0 bridgehead atoms. The molecule has 1 aromatic heterocycles. The molecular formula is C19H34N6. The first-order valence-corrected chi connectivity index (χ1v) is 10.3. The summed E-state index contributed by atoms with van der Waals surface area (Å²) in [5, 5.41) is 11.3. The standard InChI is InChI=1S/C19H34N6/c1(10-24-13-9-20-15-24)7-21-16-5-11-25(12-6-16)19-14-18(4-8-22-19)23-17-2-3-17/h9,13,15-19,21-23H,1-8,10-12,14H2. The van der Waals surface area contributed by atoms with Gasteiger partial charge in [0.25, 0.3) is 0 Å². The molecule has 25 heavy (non-hydrogen) atoms. The molecule has 1 aliphatic carbocycles. The maximum Gasteiger partial charge on any atom is 0.0945 e. The fraction of sp³-hybridized carbons (Fsp3) is 0.842. The molecule has 0 spiro atoms. The number of nitrogens with zero attached hydrogens (tertiary/aromatic N) is 3. The van der Waals surface area contributed by atoms with Gasteiger partial charge >= 0.3 is 0 Å². The molecule has 6 nitrogen and oxygen atoms in total. The molecule has 2 atom stereocenters. The van der Waals surface area contributed by atoms with Crippen molar-refractivity contribution in [3.63, 3.8) is 0 Å². The molecule has 1 aromatic rings. The minimum absolute atomic E-state index is 0.590. The lowest BCUT2D eigenvalue weighted by Gasteiger charge is -2.42. The first kappa shape index (κ1) is 17.5. The highest BCUT2D eigenvalue weighted by atomic mass is 15.3. The van der Waals surface area contributed by atoms with E-state index in [4.69, 9.17) is 0 Å². The quantitative estimate of drug-likeness (QED) is 0.617. The molecule has 3 fully saturated rings. The van der Waals surface area contributed by atoms with Crippen LogP contribution in [0, 0.1) is 0 Å². The topological polar surface area (TPSA) is 57.2 Å². The average molecular weight is 347 g/mol. The molecule has 0 radical (unpaired) electrons. The van der Waals surface area contributed by atoms with Crippen LogP contribution in [0.2, 0.25) is 0 Å². The Labute approximate surface area is 151 Å². The molecule has 0 aromatic carbocycles. The van der Waals surface area contributed by atoms with Gasteiger partial charge in [-0.15, -0.1) is 0 Å². The average Bonchev–Trinajstić information content (AvgIpc) is 3.31. The largest absolute Gasteiger partial charge is 0.337 e. The summed E-state index contributed by atoms with van der Waals surface area (Å²) in [6, 6.07) is 2.27. The summed E-state index contributed by atoms with van der Waals surface area (Å²) in [5.74, 6) is 0. The zero-order chi connectivity index (χ0) is 16.9. The maximum absolute atomic E-state index is 4.09. The van der Waals surface area contributed by atoms with E-state index in [1.165, 1.54) is 64.6 Å². The van der Waals surface area contributed by atoms with Crippen molar-refractivity contribution in [1.82, 2.24) is 30.4 Å². The van der Waals surface area contributed by atoms with Crippen LogP contribution in [0.15, 0.2) is 18.7 Å².